The first-order valence-corrected chi connectivity index (χ1v) is 8.10. The minimum absolute atomic E-state index is 0.0315. The molecule has 6 nitrogen and oxygen atoms in total. The summed E-state index contributed by atoms with van der Waals surface area (Å²) in [6, 6.07) is 11.4. The molecule has 2 heterocycles. The van der Waals surface area contributed by atoms with Gasteiger partial charge in [0.1, 0.15) is 5.65 Å². The number of nitrogens with zero attached hydrogens (tertiary/aromatic N) is 2. The molecule has 0 radical (unpaired) electrons. The molecule has 0 bridgehead atoms. The van der Waals surface area contributed by atoms with E-state index in [4.69, 9.17) is 9.47 Å². The fourth-order valence-corrected chi connectivity index (χ4v) is 2.68. The topological polar surface area (TPSA) is 64.9 Å². The molecule has 6 heteroatoms. The fraction of sp³-hybridized carbons (Fsp3) is 0.263. The van der Waals surface area contributed by atoms with Gasteiger partial charge in [-0.3, -0.25) is 4.79 Å². The van der Waals surface area contributed by atoms with Gasteiger partial charge < -0.3 is 19.2 Å². The Morgan fingerprint density at radius 2 is 2.00 bits per heavy atom. The van der Waals surface area contributed by atoms with E-state index in [9.17, 15) is 4.79 Å². The predicted molar refractivity (Wildman–Crippen MR) is 95.2 cm³/mol. The van der Waals surface area contributed by atoms with Crippen LogP contribution in [-0.4, -0.2) is 36.1 Å². The van der Waals surface area contributed by atoms with E-state index in [2.05, 4.69) is 10.3 Å². The van der Waals surface area contributed by atoms with Gasteiger partial charge in [0, 0.05) is 25.4 Å². The zero-order valence-corrected chi connectivity index (χ0v) is 14.4. The van der Waals surface area contributed by atoms with Gasteiger partial charge in [-0.25, -0.2) is 4.98 Å². The summed E-state index contributed by atoms with van der Waals surface area (Å²) >= 11 is 0. The first-order chi connectivity index (χ1) is 12.2. The number of methoxy groups -OCH3 is 2. The molecule has 0 spiro atoms. The maximum absolute atomic E-state index is 12.1. The van der Waals surface area contributed by atoms with Crippen molar-refractivity contribution in [2.45, 2.75) is 12.8 Å². The van der Waals surface area contributed by atoms with Gasteiger partial charge in [0.15, 0.2) is 11.5 Å². The molecule has 130 valence electrons. The fourth-order valence-electron chi connectivity index (χ4n) is 2.68. The highest BCUT2D eigenvalue weighted by molar-refractivity contribution is 5.78. The van der Waals surface area contributed by atoms with Gasteiger partial charge in [-0.15, -0.1) is 0 Å². The molecule has 0 aliphatic carbocycles. The average Bonchev–Trinajstić information content (AvgIpc) is 3.04. The summed E-state index contributed by atoms with van der Waals surface area (Å²) in [7, 11) is 3.17. The van der Waals surface area contributed by atoms with E-state index in [1.807, 2.05) is 47.1 Å². The smallest absolute Gasteiger partial charge is 0.224 e. The summed E-state index contributed by atoms with van der Waals surface area (Å²) in [5.74, 6) is 1.24. The van der Waals surface area contributed by atoms with Crippen LogP contribution in [0.2, 0.25) is 0 Å². The molecule has 25 heavy (non-hydrogen) atoms. The first-order valence-electron chi connectivity index (χ1n) is 8.10. The lowest BCUT2D eigenvalue weighted by Gasteiger charge is -2.09. The SMILES string of the molecule is COc1ccc(CC(=O)NCCc2cn3ccccc3n2)cc1OC. The zero-order valence-electron chi connectivity index (χ0n) is 14.4. The first kappa shape index (κ1) is 16.8. The number of ether oxygens (including phenoxy) is 2. The number of amides is 1. The van der Waals surface area contributed by atoms with Gasteiger partial charge in [0.2, 0.25) is 5.91 Å². The molecular formula is C19H21N3O3. The van der Waals surface area contributed by atoms with E-state index >= 15 is 0 Å². The molecular weight excluding hydrogens is 318 g/mol. The molecule has 0 atom stereocenters. The third kappa shape index (κ3) is 4.09. The van der Waals surface area contributed by atoms with Gasteiger partial charge in [0.25, 0.3) is 0 Å². The van der Waals surface area contributed by atoms with E-state index in [1.165, 1.54) is 0 Å². The lowest BCUT2D eigenvalue weighted by Crippen LogP contribution is -2.27. The molecule has 1 aromatic carbocycles. The Morgan fingerprint density at radius 3 is 2.76 bits per heavy atom. The van der Waals surface area contributed by atoms with Crippen LogP contribution < -0.4 is 14.8 Å². The molecule has 0 saturated carbocycles. The molecule has 0 saturated heterocycles. The van der Waals surface area contributed by atoms with Crippen molar-refractivity contribution >= 4 is 11.6 Å². The Balaban J connectivity index is 1.52. The van der Waals surface area contributed by atoms with Crippen molar-refractivity contribution in [2.75, 3.05) is 20.8 Å². The van der Waals surface area contributed by atoms with Gasteiger partial charge in [-0.2, -0.15) is 0 Å². The monoisotopic (exact) mass is 339 g/mol. The maximum Gasteiger partial charge on any atom is 0.224 e. The van der Waals surface area contributed by atoms with E-state index < -0.39 is 0 Å². The molecule has 0 aliphatic rings. The number of nitrogens with one attached hydrogen (secondary N) is 1. The Bertz CT molecular complexity index is 840. The van der Waals surface area contributed by atoms with Crippen LogP contribution in [0, 0.1) is 0 Å². The minimum atomic E-state index is -0.0315. The van der Waals surface area contributed by atoms with Gasteiger partial charge in [0.05, 0.1) is 26.3 Å². The third-order valence-corrected chi connectivity index (χ3v) is 3.93. The number of fused-ring (bicyclic) bond motifs is 1. The van der Waals surface area contributed by atoms with Crippen molar-refractivity contribution in [3.8, 4) is 11.5 Å². The number of hydrogen-bond donors (Lipinski definition) is 1. The Hall–Kier alpha value is -3.02. The van der Waals surface area contributed by atoms with Crippen LogP contribution in [0.4, 0.5) is 0 Å². The second-order valence-corrected chi connectivity index (χ2v) is 5.66. The van der Waals surface area contributed by atoms with Crippen molar-refractivity contribution in [3.63, 3.8) is 0 Å². The largest absolute Gasteiger partial charge is 0.493 e. The van der Waals surface area contributed by atoms with Gasteiger partial charge in [-0.05, 0) is 29.8 Å². The summed E-state index contributed by atoms with van der Waals surface area (Å²) in [6.07, 6.45) is 4.93. The Morgan fingerprint density at radius 1 is 1.16 bits per heavy atom. The normalized spacial score (nSPS) is 10.6. The minimum Gasteiger partial charge on any atom is -0.493 e. The van der Waals surface area contributed by atoms with Crippen LogP contribution in [0.3, 0.4) is 0 Å². The van der Waals surface area contributed by atoms with Crippen LogP contribution in [-0.2, 0) is 17.6 Å². The summed E-state index contributed by atoms with van der Waals surface area (Å²) in [6.45, 7) is 0.552. The number of rotatable bonds is 7. The van der Waals surface area contributed by atoms with Crippen LogP contribution in [0.15, 0.2) is 48.8 Å². The average molecular weight is 339 g/mol. The summed E-state index contributed by atoms with van der Waals surface area (Å²) in [4.78, 5) is 16.6. The number of aromatic nitrogens is 2. The summed E-state index contributed by atoms with van der Waals surface area (Å²) in [5.41, 5.74) is 2.75. The highest BCUT2D eigenvalue weighted by atomic mass is 16.5. The van der Waals surface area contributed by atoms with E-state index in [0.29, 0.717) is 30.9 Å². The molecule has 1 amide bonds. The van der Waals surface area contributed by atoms with E-state index in [0.717, 1.165) is 16.9 Å². The van der Waals surface area contributed by atoms with Crippen molar-refractivity contribution in [1.82, 2.24) is 14.7 Å². The maximum atomic E-state index is 12.1. The van der Waals surface area contributed by atoms with Crippen LogP contribution in [0.1, 0.15) is 11.3 Å². The molecule has 0 fully saturated rings. The molecule has 0 aliphatic heterocycles. The summed E-state index contributed by atoms with van der Waals surface area (Å²) < 4.78 is 12.4. The highest BCUT2D eigenvalue weighted by Gasteiger charge is 2.08. The number of hydrogen-bond acceptors (Lipinski definition) is 4. The highest BCUT2D eigenvalue weighted by Crippen LogP contribution is 2.27. The Labute approximate surface area is 146 Å². The predicted octanol–water partition coefficient (Wildman–Crippen LogP) is 2.25. The van der Waals surface area contributed by atoms with Crippen molar-refractivity contribution in [3.05, 3.63) is 60.0 Å². The molecule has 1 N–H and O–H groups in total. The number of pyridine rings is 1. The number of benzene rings is 1. The number of imidazole rings is 1. The lowest BCUT2D eigenvalue weighted by atomic mass is 10.1. The van der Waals surface area contributed by atoms with Crippen molar-refractivity contribution in [1.29, 1.82) is 0 Å². The van der Waals surface area contributed by atoms with Crippen LogP contribution >= 0.6 is 0 Å². The Kier molecular flexibility index (Phi) is 5.18. The van der Waals surface area contributed by atoms with Gasteiger partial charge >= 0.3 is 0 Å². The third-order valence-electron chi connectivity index (χ3n) is 3.93. The van der Waals surface area contributed by atoms with Gasteiger partial charge in [-0.1, -0.05) is 12.1 Å². The number of carbonyl (C=O) groups is 1. The van der Waals surface area contributed by atoms with Crippen molar-refractivity contribution in [2.24, 2.45) is 0 Å². The zero-order chi connectivity index (χ0) is 17.6. The van der Waals surface area contributed by atoms with Crippen LogP contribution in [0.5, 0.6) is 11.5 Å². The molecule has 0 unspecified atom stereocenters. The quantitative estimate of drug-likeness (QED) is 0.717. The second kappa shape index (κ2) is 7.70. The lowest BCUT2D eigenvalue weighted by molar-refractivity contribution is -0.120. The van der Waals surface area contributed by atoms with E-state index in [1.54, 1.807) is 20.3 Å². The molecule has 3 rings (SSSR count). The summed E-state index contributed by atoms with van der Waals surface area (Å²) in [5, 5.41) is 2.93. The molecule has 2 aromatic heterocycles. The van der Waals surface area contributed by atoms with E-state index in [-0.39, 0.29) is 5.91 Å². The van der Waals surface area contributed by atoms with Crippen molar-refractivity contribution < 1.29 is 14.3 Å². The standard InChI is InChI=1S/C19H21N3O3/c1-24-16-7-6-14(11-17(16)25-2)12-19(23)20-9-8-15-13-22-10-4-3-5-18(22)21-15/h3-7,10-11,13H,8-9,12H2,1-2H3,(H,20,23). The van der Waals surface area contributed by atoms with Crippen LogP contribution in [0.25, 0.3) is 5.65 Å². The second-order valence-electron chi connectivity index (χ2n) is 5.66. The molecule has 3 aromatic rings. The number of carbonyl (C=O) groups excluding carboxylic acids is 1.